The minimum absolute atomic E-state index is 0.263. The molecule has 2 aliphatic rings. The SMILES string of the molecule is CCOC(=O)c1ccc(/C=C(\C)c2ccc3c(c2)C2(C)CCCC3(C)C2)cc1. The van der Waals surface area contributed by atoms with E-state index >= 15 is 0 Å². The molecule has 2 unspecified atom stereocenters. The average Bonchev–Trinajstić information content (AvgIpc) is 2.83. The maximum atomic E-state index is 11.8. The van der Waals surface area contributed by atoms with Crippen molar-refractivity contribution < 1.29 is 9.53 Å². The number of esters is 1. The van der Waals surface area contributed by atoms with Crippen molar-refractivity contribution in [3.63, 3.8) is 0 Å². The highest BCUT2D eigenvalue weighted by Crippen LogP contribution is 2.57. The fraction of sp³-hybridized carbons (Fsp3) is 0.423. The zero-order valence-electron chi connectivity index (χ0n) is 17.5. The first-order chi connectivity index (χ1) is 13.3. The molecule has 2 heteroatoms. The van der Waals surface area contributed by atoms with Gasteiger partial charge in [-0.3, -0.25) is 0 Å². The number of fused-ring (bicyclic) bond motifs is 5. The molecule has 2 nitrogen and oxygen atoms in total. The summed E-state index contributed by atoms with van der Waals surface area (Å²) in [5.41, 5.74) is 8.08. The molecule has 2 aromatic carbocycles. The van der Waals surface area contributed by atoms with Crippen LogP contribution in [0.3, 0.4) is 0 Å². The van der Waals surface area contributed by atoms with Gasteiger partial charge in [0.1, 0.15) is 0 Å². The Balaban J connectivity index is 1.62. The van der Waals surface area contributed by atoms with Crippen LogP contribution >= 0.6 is 0 Å². The van der Waals surface area contributed by atoms with Gasteiger partial charge in [0.05, 0.1) is 12.2 Å². The lowest BCUT2D eigenvalue weighted by molar-refractivity contribution is 0.0526. The van der Waals surface area contributed by atoms with Crippen molar-refractivity contribution in [2.45, 2.75) is 64.2 Å². The Hall–Kier alpha value is -2.35. The van der Waals surface area contributed by atoms with Gasteiger partial charge >= 0.3 is 5.97 Å². The van der Waals surface area contributed by atoms with Gasteiger partial charge in [0, 0.05) is 0 Å². The Morgan fingerprint density at radius 2 is 1.64 bits per heavy atom. The quantitative estimate of drug-likeness (QED) is 0.449. The highest BCUT2D eigenvalue weighted by molar-refractivity contribution is 5.90. The molecule has 2 aromatic rings. The highest BCUT2D eigenvalue weighted by atomic mass is 16.5. The number of carbonyl (C=O) groups is 1. The smallest absolute Gasteiger partial charge is 0.338 e. The number of carbonyl (C=O) groups excluding carboxylic acids is 1. The molecular weight excluding hydrogens is 344 g/mol. The summed E-state index contributed by atoms with van der Waals surface area (Å²) in [6, 6.07) is 14.7. The summed E-state index contributed by atoms with van der Waals surface area (Å²) in [6.07, 6.45) is 7.44. The van der Waals surface area contributed by atoms with E-state index in [1.807, 2.05) is 31.2 Å². The Kier molecular flexibility index (Phi) is 4.69. The lowest BCUT2D eigenvalue weighted by Crippen LogP contribution is -2.29. The molecule has 1 saturated carbocycles. The average molecular weight is 375 g/mol. The molecule has 0 N–H and O–H groups in total. The predicted octanol–water partition coefficient (Wildman–Crippen LogP) is 6.53. The summed E-state index contributed by atoms with van der Waals surface area (Å²) < 4.78 is 5.06. The molecular formula is C26H30O2. The zero-order valence-corrected chi connectivity index (χ0v) is 17.5. The molecule has 0 aliphatic heterocycles. The van der Waals surface area contributed by atoms with E-state index in [9.17, 15) is 4.79 Å². The summed E-state index contributed by atoms with van der Waals surface area (Å²) in [6.45, 7) is 9.29. The molecule has 146 valence electrons. The normalized spacial score (nSPS) is 26.1. The van der Waals surface area contributed by atoms with Crippen LogP contribution in [0, 0.1) is 0 Å². The third kappa shape index (κ3) is 3.19. The van der Waals surface area contributed by atoms with E-state index in [4.69, 9.17) is 4.74 Å². The Bertz CT molecular complexity index is 937. The summed E-state index contributed by atoms with van der Waals surface area (Å²) in [7, 11) is 0. The maximum absolute atomic E-state index is 11.8. The lowest BCUT2D eigenvalue weighted by atomic mass is 9.69. The number of hydrogen-bond donors (Lipinski definition) is 0. The van der Waals surface area contributed by atoms with Gasteiger partial charge in [-0.05, 0) is 83.9 Å². The van der Waals surface area contributed by atoms with Crippen LogP contribution in [0.2, 0.25) is 0 Å². The van der Waals surface area contributed by atoms with Gasteiger partial charge in [0.2, 0.25) is 0 Å². The molecule has 1 fully saturated rings. The van der Waals surface area contributed by atoms with Gasteiger partial charge in [0.25, 0.3) is 0 Å². The van der Waals surface area contributed by atoms with Crippen LogP contribution in [0.5, 0.6) is 0 Å². The van der Waals surface area contributed by atoms with E-state index in [1.54, 1.807) is 11.1 Å². The maximum Gasteiger partial charge on any atom is 0.338 e. The van der Waals surface area contributed by atoms with E-state index in [2.05, 4.69) is 45.0 Å². The molecule has 0 spiro atoms. The summed E-state index contributed by atoms with van der Waals surface area (Å²) in [5.74, 6) is -0.263. The number of allylic oxidation sites excluding steroid dienone is 1. The molecule has 28 heavy (non-hydrogen) atoms. The van der Waals surface area contributed by atoms with Gasteiger partial charge in [-0.25, -0.2) is 4.79 Å². The van der Waals surface area contributed by atoms with E-state index in [0.717, 1.165) is 5.56 Å². The second-order valence-corrected chi connectivity index (χ2v) is 9.08. The van der Waals surface area contributed by atoms with Crippen LogP contribution in [0.1, 0.15) is 86.0 Å². The monoisotopic (exact) mass is 374 g/mol. The van der Waals surface area contributed by atoms with Gasteiger partial charge in [0.15, 0.2) is 0 Å². The molecule has 0 aromatic heterocycles. The predicted molar refractivity (Wildman–Crippen MR) is 116 cm³/mol. The molecule has 0 heterocycles. The van der Waals surface area contributed by atoms with Crippen molar-refractivity contribution in [2.24, 2.45) is 0 Å². The third-order valence-corrected chi connectivity index (χ3v) is 6.82. The molecule has 0 saturated heterocycles. The van der Waals surface area contributed by atoms with Crippen LogP contribution in [-0.4, -0.2) is 12.6 Å². The van der Waals surface area contributed by atoms with Gasteiger partial charge in [-0.15, -0.1) is 0 Å². The first-order valence-electron chi connectivity index (χ1n) is 10.5. The topological polar surface area (TPSA) is 26.3 Å². The standard InChI is InChI=1S/C26H30O2/c1-5-28-24(27)20-9-7-19(8-10-20)15-18(2)21-11-12-22-23(16-21)26(4)14-6-13-25(22,3)17-26/h7-12,15-16H,5-6,13-14,17H2,1-4H3/b18-15+. The highest BCUT2D eigenvalue weighted by Gasteiger charge is 2.49. The molecule has 2 atom stereocenters. The summed E-state index contributed by atoms with van der Waals surface area (Å²) in [4.78, 5) is 11.8. The van der Waals surface area contributed by atoms with Gasteiger partial charge < -0.3 is 4.74 Å². The Morgan fingerprint density at radius 1 is 1.00 bits per heavy atom. The zero-order chi connectivity index (χ0) is 19.9. The van der Waals surface area contributed by atoms with Crippen molar-refractivity contribution in [1.82, 2.24) is 0 Å². The van der Waals surface area contributed by atoms with Crippen molar-refractivity contribution in [2.75, 3.05) is 6.61 Å². The fourth-order valence-corrected chi connectivity index (χ4v) is 5.44. The Labute approximate surface area is 168 Å². The van der Waals surface area contributed by atoms with Crippen LogP contribution in [0.4, 0.5) is 0 Å². The number of rotatable bonds is 4. The van der Waals surface area contributed by atoms with Crippen molar-refractivity contribution >= 4 is 17.6 Å². The minimum Gasteiger partial charge on any atom is -0.462 e. The van der Waals surface area contributed by atoms with Crippen molar-refractivity contribution in [3.8, 4) is 0 Å². The van der Waals surface area contributed by atoms with Crippen molar-refractivity contribution in [3.05, 3.63) is 70.3 Å². The number of hydrogen-bond acceptors (Lipinski definition) is 2. The van der Waals surface area contributed by atoms with Crippen LogP contribution < -0.4 is 0 Å². The minimum atomic E-state index is -0.263. The third-order valence-electron chi connectivity index (χ3n) is 6.82. The van der Waals surface area contributed by atoms with E-state index in [1.165, 1.54) is 36.8 Å². The van der Waals surface area contributed by atoms with E-state index in [0.29, 0.717) is 23.0 Å². The van der Waals surface area contributed by atoms with Crippen LogP contribution in [-0.2, 0) is 15.6 Å². The van der Waals surface area contributed by atoms with Crippen LogP contribution in [0.15, 0.2) is 42.5 Å². The largest absolute Gasteiger partial charge is 0.462 e. The molecule has 0 amide bonds. The van der Waals surface area contributed by atoms with E-state index in [-0.39, 0.29) is 5.97 Å². The van der Waals surface area contributed by atoms with Crippen LogP contribution in [0.25, 0.3) is 11.6 Å². The summed E-state index contributed by atoms with van der Waals surface area (Å²) >= 11 is 0. The fourth-order valence-electron chi connectivity index (χ4n) is 5.44. The molecule has 4 rings (SSSR count). The first kappa shape index (κ1) is 19.0. The number of ether oxygens (including phenoxy) is 1. The van der Waals surface area contributed by atoms with Gasteiger partial charge in [-0.2, -0.15) is 0 Å². The van der Waals surface area contributed by atoms with Crippen molar-refractivity contribution in [1.29, 1.82) is 0 Å². The summed E-state index contributed by atoms with van der Waals surface area (Å²) in [5, 5.41) is 0. The molecule has 2 aliphatic carbocycles. The second-order valence-electron chi connectivity index (χ2n) is 9.08. The first-order valence-corrected chi connectivity index (χ1v) is 10.5. The number of benzene rings is 2. The molecule has 2 bridgehead atoms. The van der Waals surface area contributed by atoms with Gasteiger partial charge in [-0.1, -0.05) is 56.7 Å². The lowest BCUT2D eigenvalue weighted by Gasteiger charge is -2.35. The molecule has 0 radical (unpaired) electrons. The van der Waals surface area contributed by atoms with E-state index < -0.39 is 0 Å². The Morgan fingerprint density at radius 3 is 2.32 bits per heavy atom. The second kappa shape index (κ2) is 6.92.